The molecule has 3 nitrogen and oxygen atoms in total. The predicted octanol–water partition coefficient (Wildman–Crippen LogP) is 4.67. The van der Waals surface area contributed by atoms with E-state index in [4.69, 9.17) is 4.74 Å². The Kier molecular flexibility index (Phi) is 4.97. The zero-order valence-corrected chi connectivity index (χ0v) is 13.2. The lowest BCUT2D eigenvalue weighted by Gasteiger charge is -2.09. The highest BCUT2D eigenvalue weighted by atomic mass is 19.4. The summed E-state index contributed by atoms with van der Waals surface area (Å²) in [6.45, 7) is 0.377. The Morgan fingerprint density at radius 3 is 2.24 bits per heavy atom. The van der Waals surface area contributed by atoms with Gasteiger partial charge in [0, 0.05) is 12.5 Å². The van der Waals surface area contributed by atoms with Crippen molar-refractivity contribution in [1.29, 1.82) is 0 Å². The van der Waals surface area contributed by atoms with Crippen molar-refractivity contribution in [2.75, 3.05) is 0 Å². The van der Waals surface area contributed by atoms with Crippen molar-refractivity contribution in [3.63, 3.8) is 0 Å². The van der Waals surface area contributed by atoms with Crippen molar-refractivity contribution in [3.8, 4) is 5.88 Å². The number of hydrogen-bond acceptors (Lipinski definition) is 3. The van der Waals surface area contributed by atoms with Gasteiger partial charge in [0.2, 0.25) is 5.88 Å². The van der Waals surface area contributed by atoms with Gasteiger partial charge in [0.05, 0.1) is 11.3 Å². The number of alkyl halides is 3. The molecule has 0 spiro atoms. The topological polar surface area (TPSA) is 35.0 Å². The van der Waals surface area contributed by atoms with Crippen LogP contribution in [0.4, 0.5) is 13.2 Å². The summed E-state index contributed by atoms with van der Waals surface area (Å²) in [5, 5.41) is 7.99. The quantitative estimate of drug-likeness (QED) is 0.675. The van der Waals surface area contributed by atoms with Crippen LogP contribution in [0.2, 0.25) is 0 Å². The van der Waals surface area contributed by atoms with Crippen LogP contribution in [0.3, 0.4) is 0 Å². The van der Waals surface area contributed by atoms with Gasteiger partial charge < -0.3 is 4.74 Å². The van der Waals surface area contributed by atoms with Crippen molar-refractivity contribution in [2.45, 2.75) is 19.2 Å². The number of rotatable bonds is 5. The Morgan fingerprint density at radius 2 is 1.56 bits per heavy atom. The SMILES string of the molecule is FC(F)(F)c1cccc(Cc2ccc(OCc3ccccc3)nn2)c1. The molecule has 0 unspecified atom stereocenters. The van der Waals surface area contributed by atoms with Crippen LogP contribution >= 0.6 is 0 Å². The van der Waals surface area contributed by atoms with E-state index in [0.29, 0.717) is 23.7 Å². The second-order valence-corrected chi connectivity index (χ2v) is 5.51. The van der Waals surface area contributed by atoms with E-state index in [1.165, 1.54) is 6.07 Å². The van der Waals surface area contributed by atoms with Gasteiger partial charge in [-0.15, -0.1) is 5.10 Å². The van der Waals surface area contributed by atoms with E-state index in [2.05, 4.69) is 10.2 Å². The molecule has 0 saturated carbocycles. The molecule has 25 heavy (non-hydrogen) atoms. The fraction of sp³-hybridized carbons (Fsp3) is 0.158. The molecule has 0 aliphatic rings. The number of aromatic nitrogens is 2. The fourth-order valence-corrected chi connectivity index (χ4v) is 2.32. The first kappa shape index (κ1) is 17.0. The normalized spacial score (nSPS) is 11.3. The maximum Gasteiger partial charge on any atom is 0.416 e. The highest BCUT2D eigenvalue weighted by molar-refractivity contribution is 5.29. The van der Waals surface area contributed by atoms with Crippen molar-refractivity contribution in [3.05, 3.63) is 89.1 Å². The zero-order chi connectivity index (χ0) is 17.7. The molecule has 3 aromatic rings. The van der Waals surface area contributed by atoms with Gasteiger partial charge in [0.25, 0.3) is 0 Å². The molecule has 1 aromatic heterocycles. The molecule has 0 aliphatic carbocycles. The first-order chi connectivity index (χ1) is 12.0. The van der Waals surface area contributed by atoms with Crippen LogP contribution in [0.15, 0.2) is 66.7 Å². The molecule has 0 aliphatic heterocycles. The molecule has 0 fully saturated rings. The maximum absolute atomic E-state index is 12.7. The Labute approximate surface area is 143 Å². The van der Waals surface area contributed by atoms with Crippen molar-refractivity contribution in [1.82, 2.24) is 10.2 Å². The Bertz CT molecular complexity index is 818. The first-order valence-corrected chi connectivity index (χ1v) is 7.66. The van der Waals surface area contributed by atoms with E-state index < -0.39 is 11.7 Å². The summed E-state index contributed by atoms with van der Waals surface area (Å²) in [5.41, 5.74) is 1.45. The predicted molar refractivity (Wildman–Crippen MR) is 87.1 cm³/mol. The van der Waals surface area contributed by atoms with E-state index in [9.17, 15) is 13.2 Å². The monoisotopic (exact) mass is 344 g/mol. The van der Waals surface area contributed by atoms with Gasteiger partial charge in [0.1, 0.15) is 6.61 Å². The standard InChI is InChI=1S/C19H15F3N2O/c20-19(21,22)16-8-4-7-15(11-16)12-17-9-10-18(24-23-17)25-13-14-5-2-1-3-6-14/h1-11H,12-13H2. The molecule has 0 saturated heterocycles. The highest BCUT2D eigenvalue weighted by Gasteiger charge is 2.30. The van der Waals surface area contributed by atoms with Crippen LogP contribution in [-0.2, 0) is 19.2 Å². The molecular formula is C19H15F3N2O. The van der Waals surface area contributed by atoms with E-state index in [0.717, 1.165) is 17.7 Å². The molecule has 0 radical (unpaired) electrons. The van der Waals surface area contributed by atoms with Crippen LogP contribution < -0.4 is 4.74 Å². The molecular weight excluding hydrogens is 329 g/mol. The van der Waals surface area contributed by atoms with Crippen LogP contribution in [0.5, 0.6) is 5.88 Å². The average Bonchev–Trinajstić information content (AvgIpc) is 2.62. The van der Waals surface area contributed by atoms with Crippen molar-refractivity contribution < 1.29 is 17.9 Å². The van der Waals surface area contributed by atoms with Crippen molar-refractivity contribution >= 4 is 0 Å². The van der Waals surface area contributed by atoms with Crippen molar-refractivity contribution in [2.24, 2.45) is 0 Å². The molecule has 2 aromatic carbocycles. The molecule has 1 heterocycles. The van der Waals surface area contributed by atoms with E-state index in [1.54, 1.807) is 18.2 Å². The third-order valence-corrected chi connectivity index (χ3v) is 3.56. The number of hydrogen-bond donors (Lipinski definition) is 0. The number of halogens is 3. The smallest absolute Gasteiger partial charge is 0.416 e. The van der Waals surface area contributed by atoms with Gasteiger partial charge >= 0.3 is 6.18 Å². The molecule has 0 bridgehead atoms. The van der Waals surface area contributed by atoms with Crippen LogP contribution in [-0.4, -0.2) is 10.2 Å². The van der Waals surface area contributed by atoms with Gasteiger partial charge in [0.15, 0.2) is 0 Å². The summed E-state index contributed by atoms with van der Waals surface area (Å²) in [6, 6.07) is 18.2. The molecule has 128 valence electrons. The second-order valence-electron chi connectivity index (χ2n) is 5.51. The summed E-state index contributed by atoms with van der Waals surface area (Å²) in [6.07, 6.45) is -4.08. The number of benzene rings is 2. The largest absolute Gasteiger partial charge is 0.472 e. The molecule has 6 heteroatoms. The second kappa shape index (κ2) is 7.34. The van der Waals surface area contributed by atoms with Gasteiger partial charge in [-0.3, -0.25) is 0 Å². The summed E-state index contributed by atoms with van der Waals surface area (Å²) < 4.78 is 43.8. The Morgan fingerprint density at radius 1 is 0.800 bits per heavy atom. The van der Waals surface area contributed by atoms with Gasteiger partial charge in [-0.2, -0.15) is 18.3 Å². The molecule has 3 rings (SSSR count). The van der Waals surface area contributed by atoms with Gasteiger partial charge in [-0.25, -0.2) is 0 Å². The van der Waals surface area contributed by atoms with E-state index >= 15 is 0 Å². The summed E-state index contributed by atoms with van der Waals surface area (Å²) >= 11 is 0. The number of nitrogens with zero attached hydrogens (tertiary/aromatic N) is 2. The zero-order valence-electron chi connectivity index (χ0n) is 13.2. The third-order valence-electron chi connectivity index (χ3n) is 3.56. The van der Waals surface area contributed by atoms with Crippen LogP contribution in [0.25, 0.3) is 0 Å². The summed E-state index contributed by atoms with van der Waals surface area (Å²) in [4.78, 5) is 0. The lowest BCUT2D eigenvalue weighted by molar-refractivity contribution is -0.137. The molecule has 0 amide bonds. The molecule has 0 N–H and O–H groups in total. The third kappa shape index (κ3) is 4.79. The lowest BCUT2D eigenvalue weighted by atomic mass is 10.1. The summed E-state index contributed by atoms with van der Waals surface area (Å²) in [7, 11) is 0. The Balaban J connectivity index is 1.63. The Hall–Kier alpha value is -2.89. The molecule has 0 atom stereocenters. The minimum atomic E-state index is -4.35. The van der Waals surface area contributed by atoms with Crippen LogP contribution in [0.1, 0.15) is 22.4 Å². The number of ether oxygens (including phenoxy) is 1. The van der Waals surface area contributed by atoms with Gasteiger partial charge in [-0.05, 0) is 23.3 Å². The van der Waals surface area contributed by atoms with E-state index in [1.807, 2.05) is 30.3 Å². The fourth-order valence-electron chi connectivity index (χ4n) is 2.32. The van der Waals surface area contributed by atoms with Gasteiger partial charge in [-0.1, -0.05) is 48.5 Å². The first-order valence-electron chi connectivity index (χ1n) is 7.66. The highest BCUT2D eigenvalue weighted by Crippen LogP contribution is 2.29. The maximum atomic E-state index is 12.7. The average molecular weight is 344 g/mol. The van der Waals surface area contributed by atoms with Crippen LogP contribution in [0, 0.1) is 0 Å². The minimum Gasteiger partial charge on any atom is -0.472 e. The summed E-state index contributed by atoms with van der Waals surface area (Å²) in [5.74, 6) is 0.372. The van der Waals surface area contributed by atoms with E-state index in [-0.39, 0.29) is 6.42 Å². The lowest BCUT2D eigenvalue weighted by Crippen LogP contribution is -2.06. The minimum absolute atomic E-state index is 0.274.